The fourth-order valence-corrected chi connectivity index (χ4v) is 2.67. The van der Waals surface area contributed by atoms with Gasteiger partial charge in [-0.15, -0.1) is 0 Å². The zero-order chi connectivity index (χ0) is 18.2. The van der Waals surface area contributed by atoms with Crippen molar-refractivity contribution >= 4 is 0 Å². The summed E-state index contributed by atoms with van der Waals surface area (Å²) in [6, 6.07) is 8.29. The third kappa shape index (κ3) is 5.01. The second kappa shape index (κ2) is 9.14. The molecule has 0 aliphatic rings. The molecule has 2 aromatic rings. The lowest BCUT2D eigenvalue weighted by atomic mass is 9.99. The Morgan fingerprint density at radius 2 is 2.04 bits per heavy atom. The molecule has 0 spiro atoms. The van der Waals surface area contributed by atoms with Crippen LogP contribution in [0.25, 0.3) is 11.1 Å². The van der Waals surface area contributed by atoms with Gasteiger partial charge in [-0.25, -0.2) is 4.39 Å². The molecular formula is C20H23FN2O2. The molecule has 0 atom stereocenters. The summed E-state index contributed by atoms with van der Waals surface area (Å²) in [6.45, 7) is 4.71. The number of aryl methyl sites for hydroxylation is 1. The van der Waals surface area contributed by atoms with Crippen LogP contribution in [0, 0.1) is 24.1 Å². The van der Waals surface area contributed by atoms with Crippen LogP contribution in [0.1, 0.15) is 49.4 Å². The number of ether oxygens (including phenoxy) is 1. The number of aromatic nitrogens is 1. The number of halogens is 1. The summed E-state index contributed by atoms with van der Waals surface area (Å²) < 4.78 is 19.9. The fraction of sp³-hybridized carbons (Fsp3) is 0.400. The normalized spacial score (nSPS) is 10.6. The van der Waals surface area contributed by atoms with E-state index in [9.17, 15) is 14.4 Å². The highest BCUT2D eigenvalue weighted by Crippen LogP contribution is 2.24. The molecule has 0 radical (unpaired) electrons. The third-order valence-electron chi connectivity index (χ3n) is 4.04. The zero-order valence-corrected chi connectivity index (χ0v) is 14.7. The molecule has 0 bridgehead atoms. The highest BCUT2D eigenvalue weighted by atomic mass is 19.1. The van der Waals surface area contributed by atoms with E-state index in [4.69, 9.17) is 4.74 Å². The molecule has 25 heavy (non-hydrogen) atoms. The van der Waals surface area contributed by atoms with Gasteiger partial charge in [-0.2, -0.15) is 5.26 Å². The maximum atomic E-state index is 14.4. The van der Waals surface area contributed by atoms with Crippen molar-refractivity contribution in [1.29, 1.82) is 5.26 Å². The van der Waals surface area contributed by atoms with E-state index >= 15 is 0 Å². The monoisotopic (exact) mass is 342 g/mol. The average molecular weight is 342 g/mol. The van der Waals surface area contributed by atoms with Gasteiger partial charge in [0, 0.05) is 23.4 Å². The minimum absolute atomic E-state index is 0.00933. The van der Waals surface area contributed by atoms with Crippen LogP contribution in [0.2, 0.25) is 0 Å². The Hall–Kier alpha value is -2.45. The number of nitriles is 1. The lowest BCUT2D eigenvalue weighted by molar-refractivity contribution is 0.114. The van der Waals surface area contributed by atoms with Crippen LogP contribution in [0.5, 0.6) is 0 Å². The molecule has 4 nitrogen and oxygen atoms in total. The minimum Gasteiger partial charge on any atom is -0.377 e. The number of rotatable bonds is 8. The van der Waals surface area contributed by atoms with Crippen molar-refractivity contribution in [2.75, 3.05) is 6.61 Å². The fourth-order valence-electron chi connectivity index (χ4n) is 2.67. The maximum Gasteiger partial charge on any atom is 0.266 e. The first-order valence-corrected chi connectivity index (χ1v) is 8.57. The predicted molar refractivity (Wildman–Crippen MR) is 95.7 cm³/mol. The van der Waals surface area contributed by atoms with Crippen LogP contribution in [0.4, 0.5) is 4.39 Å². The first-order chi connectivity index (χ1) is 12.1. The van der Waals surface area contributed by atoms with Crippen molar-refractivity contribution in [3.8, 4) is 17.2 Å². The van der Waals surface area contributed by atoms with Gasteiger partial charge in [-0.3, -0.25) is 4.79 Å². The second-order valence-electron chi connectivity index (χ2n) is 6.10. The summed E-state index contributed by atoms with van der Waals surface area (Å²) in [5.74, 6) is -0.395. The summed E-state index contributed by atoms with van der Waals surface area (Å²) in [5, 5.41) is 9.20. The first-order valence-electron chi connectivity index (χ1n) is 8.57. The number of benzene rings is 1. The molecular weight excluding hydrogens is 319 g/mol. The highest BCUT2D eigenvalue weighted by Gasteiger charge is 2.12. The SMILES string of the molecule is CCCCCCOCc1ccc(-c2cc(C)[nH]c(=O)c2C#N)cc1F. The van der Waals surface area contributed by atoms with Gasteiger partial charge in [-0.05, 0) is 31.0 Å². The van der Waals surface area contributed by atoms with E-state index in [1.165, 1.54) is 18.9 Å². The second-order valence-corrected chi connectivity index (χ2v) is 6.10. The van der Waals surface area contributed by atoms with Crippen LogP contribution >= 0.6 is 0 Å². The smallest absolute Gasteiger partial charge is 0.266 e. The highest BCUT2D eigenvalue weighted by molar-refractivity contribution is 5.70. The molecule has 0 unspecified atom stereocenters. The zero-order valence-electron chi connectivity index (χ0n) is 14.7. The van der Waals surface area contributed by atoms with Gasteiger partial charge in [0.25, 0.3) is 5.56 Å². The number of nitrogens with one attached hydrogen (secondary N) is 1. The number of aromatic amines is 1. The van der Waals surface area contributed by atoms with Gasteiger partial charge in [0.15, 0.2) is 0 Å². The van der Waals surface area contributed by atoms with E-state index in [0.717, 1.165) is 12.8 Å². The summed E-state index contributed by atoms with van der Waals surface area (Å²) in [7, 11) is 0. The van der Waals surface area contributed by atoms with Crippen molar-refractivity contribution in [2.45, 2.75) is 46.1 Å². The molecule has 0 aliphatic heterocycles. The number of H-pyrrole nitrogens is 1. The van der Waals surface area contributed by atoms with E-state index in [1.54, 1.807) is 25.1 Å². The van der Waals surface area contributed by atoms with Crippen LogP contribution in [0.15, 0.2) is 29.1 Å². The van der Waals surface area contributed by atoms with Gasteiger partial charge < -0.3 is 9.72 Å². The first kappa shape index (κ1) is 18.9. The number of nitrogens with zero attached hydrogens (tertiary/aromatic N) is 1. The molecule has 0 saturated heterocycles. The van der Waals surface area contributed by atoms with Crippen molar-refractivity contribution < 1.29 is 9.13 Å². The van der Waals surface area contributed by atoms with Crippen molar-refractivity contribution in [3.63, 3.8) is 0 Å². The van der Waals surface area contributed by atoms with Crippen LogP contribution in [-0.2, 0) is 11.3 Å². The van der Waals surface area contributed by atoms with E-state index in [2.05, 4.69) is 11.9 Å². The molecule has 0 saturated carbocycles. The molecule has 1 N–H and O–H groups in total. The molecule has 5 heteroatoms. The largest absolute Gasteiger partial charge is 0.377 e. The summed E-state index contributed by atoms with van der Waals surface area (Å²) in [5.41, 5.74) is 1.57. The summed E-state index contributed by atoms with van der Waals surface area (Å²) in [4.78, 5) is 14.5. The van der Waals surface area contributed by atoms with E-state index < -0.39 is 11.4 Å². The van der Waals surface area contributed by atoms with Gasteiger partial charge in [-0.1, -0.05) is 38.3 Å². The number of hydrogen-bond acceptors (Lipinski definition) is 3. The number of hydrogen-bond donors (Lipinski definition) is 1. The Kier molecular flexibility index (Phi) is 6.91. The third-order valence-corrected chi connectivity index (χ3v) is 4.04. The molecule has 132 valence electrons. The Morgan fingerprint density at radius 1 is 1.24 bits per heavy atom. The molecule has 0 amide bonds. The van der Waals surface area contributed by atoms with Crippen molar-refractivity contribution in [1.82, 2.24) is 4.98 Å². The topological polar surface area (TPSA) is 65.9 Å². The lowest BCUT2D eigenvalue weighted by Gasteiger charge is -2.09. The number of unbranched alkanes of at least 4 members (excludes halogenated alkanes) is 3. The summed E-state index contributed by atoms with van der Waals surface area (Å²) in [6.07, 6.45) is 4.45. The summed E-state index contributed by atoms with van der Waals surface area (Å²) >= 11 is 0. The molecule has 2 rings (SSSR count). The molecule has 1 aromatic heterocycles. The van der Waals surface area contributed by atoms with Crippen LogP contribution in [0.3, 0.4) is 0 Å². The van der Waals surface area contributed by atoms with Gasteiger partial charge in [0.1, 0.15) is 17.4 Å². The predicted octanol–water partition coefficient (Wildman–Crippen LogP) is 4.46. The minimum atomic E-state index is -0.461. The molecule has 0 aliphatic carbocycles. The van der Waals surface area contributed by atoms with E-state index in [1.807, 2.05) is 6.07 Å². The van der Waals surface area contributed by atoms with E-state index in [-0.39, 0.29) is 12.2 Å². The Labute approximate surface area is 147 Å². The average Bonchev–Trinajstić information content (AvgIpc) is 2.58. The standard InChI is InChI=1S/C20H23FN2O2/c1-3-4-5-6-9-25-13-16-8-7-15(11-19(16)21)17-10-14(2)23-20(24)18(17)12-22/h7-8,10-11H,3-6,9,13H2,1-2H3,(H,23,24). The maximum absolute atomic E-state index is 14.4. The molecule has 1 heterocycles. The quantitative estimate of drug-likeness (QED) is 0.720. The van der Waals surface area contributed by atoms with Crippen molar-refractivity contribution in [3.05, 3.63) is 57.3 Å². The van der Waals surface area contributed by atoms with Gasteiger partial charge >= 0.3 is 0 Å². The lowest BCUT2D eigenvalue weighted by Crippen LogP contribution is -2.12. The van der Waals surface area contributed by atoms with Crippen LogP contribution in [-0.4, -0.2) is 11.6 Å². The van der Waals surface area contributed by atoms with Crippen LogP contribution < -0.4 is 5.56 Å². The molecule has 0 fully saturated rings. The Balaban J connectivity index is 2.13. The Morgan fingerprint density at radius 3 is 2.72 bits per heavy atom. The molecule has 1 aromatic carbocycles. The van der Waals surface area contributed by atoms with Gasteiger partial charge in [0.2, 0.25) is 0 Å². The van der Waals surface area contributed by atoms with E-state index in [0.29, 0.717) is 29.0 Å². The number of pyridine rings is 1. The van der Waals surface area contributed by atoms with Gasteiger partial charge in [0.05, 0.1) is 6.61 Å². The Bertz CT molecular complexity index is 821. The van der Waals surface area contributed by atoms with Crippen molar-refractivity contribution in [2.24, 2.45) is 0 Å².